The Balaban J connectivity index is 0.000000809. The summed E-state index contributed by atoms with van der Waals surface area (Å²) in [4.78, 5) is 0. The second-order valence-electron chi connectivity index (χ2n) is 8.19. The molecule has 1 aliphatic carbocycles. The van der Waals surface area contributed by atoms with E-state index in [1.54, 1.807) is 0 Å². The minimum Gasteiger partial charge on any atom is -0.0654 e. The van der Waals surface area contributed by atoms with Crippen LogP contribution in [0.3, 0.4) is 0 Å². The SMILES string of the molecule is C1CCCC1.CCCCCCCCCCCCCCCC(C)C. The topological polar surface area (TPSA) is 0 Å². The molecule has 1 aliphatic rings. The molecule has 0 saturated heterocycles. The highest BCUT2D eigenvalue weighted by Gasteiger charge is 1.96. The van der Waals surface area contributed by atoms with Crippen molar-refractivity contribution in [2.45, 2.75) is 143 Å². The molecule has 1 rings (SSSR count). The molecule has 0 heteroatoms. The van der Waals surface area contributed by atoms with Crippen LogP contribution < -0.4 is 0 Å². The first kappa shape index (κ1) is 23.0. The van der Waals surface area contributed by atoms with E-state index in [4.69, 9.17) is 0 Å². The third-order valence-corrected chi connectivity index (χ3v) is 5.14. The van der Waals surface area contributed by atoms with Crippen molar-refractivity contribution in [1.82, 2.24) is 0 Å². The third-order valence-electron chi connectivity index (χ3n) is 5.14. The molecule has 1 fully saturated rings. The van der Waals surface area contributed by atoms with Gasteiger partial charge in [-0.25, -0.2) is 0 Å². The van der Waals surface area contributed by atoms with Crippen LogP contribution in [0, 0.1) is 5.92 Å². The normalized spacial score (nSPS) is 14.1. The van der Waals surface area contributed by atoms with E-state index in [2.05, 4.69) is 20.8 Å². The van der Waals surface area contributed by atoms with Crippen LogP contribution in [0.4, 0.5) is 0 Å². The molecule has 0 amide bonds. The van der Waals surface area contributed by atoms with Gasteiger partial charge in [0.25, 0.3) is 0 Å². The summed E-state index contributed by atoms with van der Waals surface area (Å²) < 4.78 is 0. The molecule has 0 heterocycles. The van der Waals surface area contributed by atoms with Crippen LogP contribution in [0.5, 0.6) is 0 Å². The molecule has 0 spiro atoms. The Hall–Kier alpha value is 0. The van der Waals surface area contributed by atoms with Gasteiger partial charge >= 0.3 is 0 Å². The molecular formula is C23H48. The zero-order valence-electron chi connectivity index (χ0n) is 17.0. The molecule has 0 aliphatic heterocycles. The third kappa shape index (κ3) is 22.0. The van der Waals surface area contributed by atoms with Gasteiger partial charge in [0.2, 0.25) is 0 Å². The van der Waals surface area contributed by atoms with Gasteiger partial charge in [0, 0.05) is 0 Å². The lowest BCUT2D eigenvalue weighted by Gasteiger charge is -2.04. The van der Waals surface area contributed by atoms with Gasteiger partial charge in [-0.1, -0.05) is 143 Å². The Morgan fingerprint density at radius 2 is 0.783 bits per heavy atom. The summed E-state index contributed by atoms with van der Waals surface area (Å²) in [6.45, 7) is 6.96. The van der Waals surface area contributed by atoms with Crippen molar-refractivity contribution in [3.8, 4) is 0 Å². The molecule has 0 unspecified atom stereocenters. The van der Waals surface area contributed by atoms with Crippen LogP contribution in [-0.2, 0) is 0 Å². The first-order valence-electron chi connectivity index (χ1n) is 11.3. The minimum atomic E-state index is 0.901. The monoisotopic (exact) mass is 324 g/mol. The Morgan fingerprint density at radius 3 is 1.09 bits per heavy atom. The van der Waals surface area contributed by atoms with Gasteiger partial charge in [-0.15, -0.1) is 0 Å². The highest BCUT2D eigenvalue weighted by Crippen LogP contribution is 2.15. The van der Waals surface area contributed by atoms with E-state index >= 15 is 0 Å². The van der Waals surface area contributed by atoms with E-state index in [0.29, 0.717) is 0 Å². The molecule has 0 radical (unpaired) electrons. The van der Waals surface area contributed by atoms with Gasteiger partial charge in [-0.2, -0.15) is 0 Å². The van der Waals surface area contributed by atoms with E-state index < -0.39 is 0 Å². The fourth-order valence-corrected chi connectivity index (χ4v) is 3.45. The van der Waals surface area contributed by atoms with E-state index in [-0.39, 0.29) is 0 Å². The fraction of sp³-hybridized carbons (Fsp3) is 1.00. The largest absolute Gasteiger partial charge is 0.0654 e. The quantitative estimate of drug-likeness (QED) is 0.279. The van der Waals surface area contributed by atoms with E-state index in [1.165, 1.54) is 122 Å². The molecule has 0 atom stereocenters. The zero-order chi connectivity index (χ0) is 17.0. The predicted octanol–water partition coefficient (Wildman–Crippen LogP) is 9.07. The lowest BCUT2D eigenvalue weighted by atomic mass is 10.0. The number of rotatable bonds is 14. The Labute approximate surface area is 149 Å². The standard InChI is InChI=1S/C18H38.C5H10/c1-4-5-6-7-8-9-10-11-12-13-14-15-16-17-18(2)3;1-2-4-5-3-1/h18H,4-17H2,1-3H3;1-5H2. The predicted molar refractivity (Wildman–Crippen MR) is 108 cm³/mol. The van der Waals surface area contributed by atoms with Crippen molar-refractivity contribution < 1.29 is 0 Å². The summed E-state index contributed by atoms with van der Waals surface area (Å²) in [5, 5.41) is 0. The Morgan fingerprint density at radius 1 is 0.478 bits per heavy atom. The van der Waals surface area contributed by atoms with Crippen molar-refractivity contribution in [3.63, 3.8) is 0 Å². The number of unbranched alkanes of at least 4 members (excludes halogenated alkanes) is 12. The maximum absolute atomic E-state index is 2.33. The second-order valence-corrected chi connectivity index (χ2v) is 8.19. The molecular weight excluding hydrogens is 276 g/mol. The molecule has 0 bridgehead atoms. The molecule has 0 aromatic rings. The first-order chi connectivity index (χ1) is 11.3. The molecule has 0 aromatic heterocycles. The number of hydrogen-bond donors (Lipinski definition) is 0. The first-order valence-corrected chi connectivity index (χ1v) is 11.3. The highest BCUT2D eigenvalue weighted by atomic mass is 14.0. The Bertz CT molecular complexity index is 183. The molecule has 0 N–H and O–H groups in total. The van der Waals surface area contributed by atoms with Crippen LogP contribution in [0.1, 0.15) is 143 Å². The van der Waals surface area contributed by atoms with Gasteiger partial charge in [0.15, 0.2) is 0 Å². The summed E-state index contributed by atoms with van der Waals surface area (Å²) in [5.41, 5.74) is 0. The second kappa shape index (κ2) is 20.0. The van der Waals surface area contributed by atoms with Crippen molar-refractivity contribution in [2.24, 2.45) is 5.92 Å². The van der Waals surface area contributed by atoms with Gasteiger partial charge < -0.3 is 0 Å². The Kier molecular flexibility index (Phi) is 20.0. The summed E-state index contributed by atoms with van der Waals surface area (Å²) in [6.07, 6.45) is 28.0. The zero-order valence-corrected chi connectivity index (χ0v) is 17.0. The average molecular weight is 325 g/mol. The van der Waals surface area contributed by atoms with Crippen molar-refractivity contribution in [1.29, 1.82) is 0 Å². The highest BCUT2D eigenvalue weighted by molar-refractivity contribution is 4.51. The van der Waals surface area contributed by atoms with Crippen LogP contribution >= 0.6 is 0 Å². The van der Waals surface area contributed by atoms with Gasteiger partial charge in [-0.3, -0.25) is 0 Å². The molecule has 1 saturated carbocycles. The van der Waals surface area contributed by atoms with Gasteiger partial charge in [-0.05, 0) is 5.92 Å². The fourth-order valence-electron chi connectivity index (χ4n) is 3.45. The maximum atomic E-state index is 2.33. The summed E-state index contributed by atoms with van der Waals surface area (Å²) in [5.74, 6) is 0.901. The summed E-state index contributed by atoms with van der Waals surface area (Å²) in [7, 11) is 0. The molecule has 0 aromatic carbocycles. The van der Waals surface area contributed by atoms with Crippen LogP contribution in [0.25, 0.3) is 0 Å². The molecule has 0 nitrogen and oxygen atoms in total. The van der Waals surface area contributed by atoms with Crippen molar-refractivity contribution >= 4 is 0 Å². The maximum Gasteiger partial charge on any atom is -0.0471 e. The van der Waals surface area contributed by atoms with Crippen LogP contribution in [-0.4, -0.2) is 0 Å². The van der Waals surface area contributed by atoms with Gasteiger partial charge in [0.05, 0.1) is 0 Å². The van der Waals surface area contributed by atoms with Crippen LogP contribution in [0.15, 0.2) is 0 Å². The van der Waals surface area contributed by atoms with Gasteiger partial charge in [0.1, 0.15) is 0 Å². The van der Waals surface area contributed by atoms with E-state index in [0.717, 1.165) is 5.92 Å². The van der Waals surface area contributed by atoms with Crippen molar-refractivity contribution in [3.05, 3.63) is 0 Å². The lowest BCUT2D eigenvalue weighted by Crippen LogP contribution is -1.87. The van der Waals surface area contributed by atoms with E-state index in [1.807, 2.05) is 0 Å². The summed E-state index contributed by atoms with van der Waals surface area (Å²) in [6, 6.07) is 0. The number of hydrogen-bond acceptors (Lipinski definition) is 0. The van der Waals surface area contributed by atoms with E-state index in [9.17, 15) is 0 Å². The summed E-state index contributed by atoms with van der Waals surface area (Å²) >= 11 is 0. The lowest BCUT2D eigenvalue weighted by molar-refractivity contribution is 0.503. The molecule has 140 valence electrons. The average Bonchev–Trinajstić information content (AvgIpc) is 3.11. The molecule has 23 heavy (non-hydrogen) atoms. The smallest absolute Gasteiger partial charge is 0.0471 e. The van der Waals surface area contributed by atoms with Crippen molar-refractivity contribution in [2.75, 3.05) is 0 Å². The minimum absolute atomic E-state index is 0.901. The van der Waals surface area contributed by atoms with Crippen LogP contribution in [0.2, 0.25) is 0 Å².